The summed E-state index contributed by atoms with van der Waals surface area (Å²) in [5, 5.41) is 0. The molecule has 1 unspecified atom stereocenters. The molecular weight excluding hydrogens is 227 g/mol. The lowest BCUT2D eigenvalue weighted by Gasteiger charge is -2.26. The Labute approximate surface area is 99.2 Å². The molecule has 0 N–H and O–H groups in total. The van der Waals surface area contributed by atoms with Crippen LogP contribution in [-0.2, 0) is 6.18 Å². The summed E-state index contributed by atoms with van der Waals surface area (Å²) in [5.41, 5.74) is 0.329. The zero-order chi connectivity index (χ0) is 12.5. The van der Waals surface area contributed by atoms with Crippen LogP contribution >= 0.6 is 0 Å². The minimum Gasteiger partial charge on any atom is -0.369 e. The molecule has 1 aliphatic rings. The van der Waals surface area contributed by atoms with Gasteiger partial charge in [-0.2, -0.15) is 13.2 Å². The Morgan fingerprint density at radius 3 is 2.41 bits per heavy atom. The van der Waals surface area contributed by atoms with Gasteiger partial charge in [0, 0.05) is 18.3 Å². The van der Waals surface area contributed by atoms with Crippen molar-refractivity contribution >= 4 is 5.69 Å². The quantitative estimate of drug-likeness (QED) is 0.756. The number of hydrogen-bond acceptors (Lipinski definition) is 1. The molecule has 1 aliphatic heterocycles. The van der Waals surface area contributed by atoms with Crippen LogP contribution in [-0.4, -0.2) is 12.6 Å². The van der Waals surface area contributed by atoms with Crippen LogP contribution in [0.5, 0.6) is 0 Å². The second-order valence-corrected chi connectivity index (χ2v) is 4.44. The van der Waals surface area contributed by atoms with E-state index in [2.05, 4.69) is 11.8 Å². The molecule has 1 atom stereocenters. The second kappa shape index (κ2) is 4.59. The van der Waals surface area contributed by atoms with Crippen LogP contribution < -0.4 is 4.90 Å². The molecule has 1 aromatic rings. The summed E-state index contributed by atoms with van der Waals surface area (Å²) in [6.07, 6.45) is -0.939. The van der Waals surface area contributed by atoms with E-state index in [-0.39, 0.29) is 0 Å². The number of benzene rings is 1. The molecule has 0 bridgehead atoms. The largest absolute Gasteiger partial charge is 0.416 e. The number of hydrogen-bond donors (Lipinski definition) is 0. The first-order valence-electron chi connectivity index (χ1n) is 5.96. The van der Waals surface area contributed by atoms with Crippen LogP contribution in [0.3, 0.4) is 0 Å². The van der Waals surface area contributed by atoms with Crippen molar-refractivity contribution in [2.75, 3.05) is 11.4 Å². The van der Waals surface area contributed by atoms with Gasteiger partial charge in [-0.25, -0.2) is 0 Å². The molecule has 0 radical (unpaired) electrons. The van der Waals surface area contributed by atoms with Crippen molar-refractivity contribution in [3.05, 3.63) is 29.8 Å². The van der Waals surface area contributed by atoms with Gasteiger partial charge in [0.05, 0.1) is 5.56 Å². The van der Waals surface area contributed by atoms with Crippen LogP contribution in [0.15, 0.2) is 24.3 Å². The zero-order valence-corrected chi connectivity index (χ0v) is 9.80. The maximum Gasteiger partial charge on any atom is 0.416 e. The summed E-state index contributed by atoms with van der Waals surface area (Å²) in [6, 6.07) is 5.97. The number of halogens is 3. The fourth-order valence-electron chi connectivity index (χ4n) is 2.44. The molecule has 2 rings (SSSR count). The van der Waals surface area contributed by atoms with Gasteiger partial charge in [0.1, 0.15) is 0 Å². The molecule has 17 heavy (non-hydrogen) atoms. The van der Waals surface area contributed by atoms with E-state index in [0.717, 1.165) is 31.5 Å². The minimum atomic E-state index is -4.24. The van der Waals surface area contributed by atoms with Gasteiger partial charge in [0.15, 0.2) is 0 Å². The van der Waals surface area contributed by atoms with E-state index in [1.165, 1.54) is 12.1 Å². The lowest BCUT2D eigenvalue weighted by molar-refractivity contribution is -0.137. The number of anilines is 1. The third kappa shape index (κ3) is 2.56. The van der Waals surface area contributed by atoms with E-state index in [1.807, 2.05) is 0 Å². The Hall–Kier alpha value is -1.19. The molecule has 4 heteroatoms. The summed E-state index contributed by atoms with van der Waals surface area (Å²) < 4.78 is 37.3. The molecule has 0 spiro atoms. The Bertz CT molecular complexity index is 369. The summed E-state index contributed by atoms with van der Waals surface area (Å²) in [4.78, 5) is 2.21. The smallest absolute Gasteiger partial charge is 0.369 e. The van der Waals surface area contributed by atoms with E-state index in [1.54, 1.807) is 12.1 Å². The van der Waals surface area contributed by atoms with Crippen molar-refractivity contribution in [1.29, 1.82) is 0 Å². The first-order valence-corrected chi connectivity index (χ1v) is 5.96. The van der Waals surface area contributed by atoms with Gasteiger partial charge in [-0.1, -0.05) is 6.92 Å². The Balaban J connectivity index is 2.18. The third-order valence-electron chi connectivity index (χ3n) is 3.37. The lowest BCUT2D eigenvalue weighted by atomic mass is 10.1. The van der Waals surface area contributed by atoms with Crippen LogP contribution in [0.4, 0.5) is 18.9 Å². The van der Waals surface area contributed by atoms with Gasteiger partial charge < -0.3 is 4.90 Å². The molecule has 94 valence electrons. The van der Waals surface area contributed by atoms with Gasteiger partial charge in [0.25, 0.3) is 0 Å². The van der Waals surface area contributed by atoms with Crippen molar-refractivity contribution in [2.24, 2.45) is 0 Å². The molecule has 1 aromatic carbocycles. The van der Waals surface area contributed by atoms with Crippen molar-refractivity contribution in [3.8, 4) is 0 Å². The van der Waals surface area contributed by atoms with Crippen LogP contribution in [0.2, 0.25) is 0 Å². The maximum atomic E-state index is 12.4. The van der Waals surface area contributed by atoms with Gasteiger partial charge in [-0.15, -0.1) is 0 Å². The van der Waals surface area contributed by atoms with Crippen LogP contribution in [0, 0.1) is 0 Å². The van der Waals surface area contributed by atoms with Crippen molar-refractivity contribution in [3.63, 3.8) is 0 Å². The Morgan fingerprint density at radius 2 is 1.88 bits per heavy atom. The average molecular weight is 243 g/mol. The van der Waals surface area contributed by atoms with E-state index in [9.17, 15) is 13.2 Å². The van der Waals surface area contributed by atoms with Crippen molar-refractivity contribution in [1.82, 2.24) is 0 Å². The molecule has 0 aliphatic carbocycles. The van der Waals surface area contributed by atoms with Gasteiger partial charge in [0.2, 0.25) is 0 Å². The van der Waals surface area contributed by atoms with Crippen molar-refractivity contribution < 1.29 is 13.2 Å². The zero-order valence-electron chi connectivity index (χ0n) is 9.80. The molecule has 1 saturated heterocycles. The Kier molecular flexibility index (Phi) is 3.31. The second-order valence-electron chi connectivity index (χ2n) is 4.44. The molecule has 0 aromatic heterocycles. The molecule has 1 nitrogen and oxygen atoms in total. The molecule has 1 heterocycles. The fraction of sp³-hybridized carbons (Fsp3) is 0.538. The molecule has 1 fully saturated rings. The maximum absolute atomic E-state index is 12.4. The average Bonchev–Trinajstić information content (AvgIpc) is 2.76. The van der Waals surface area contributed by atoms with Crippen LogP contribution in [0.25, 0.3) is 0 Å². The van der Waals surface area contributed by atoms with Gasteiger partial charge in [-0.05, 0) is 43.5 Å². The first-order chi connectivity index (χ1) is 8.02. The molecule has 0 saturated carbocycles. The predicted molar refractivity (Wildman–Crippen MR) is 62.1 cm³/mol. The highest BCUT2D eigenvalue weighted by Crippen LogP contribution is 2.32. The van der Waals surface area contributed by atoms with E-state index < -0.39 is 11.7 Å². The third-order valence-corrected chi connectivity index (χ3v) is 3.37. The highest BCUT2D eigenvalue weighted by atomic mass is 19.4. The molecular formula is C13H16F3N. The minimum absolute atomic E-state index is 0.478. The summed E-state index contributed by atoms with van der Waals surface area (Å²) in [5.74, 6) is 0. The summed E-state index contributed by atoms with van der Waals surface area (Å²) in [6.45, 7) is 3.07. The van der Waals surface area contributed by atoms with Crippen molar-refractivity contribution in [2.45, 2.75) is 38.4 Å². The molecule has 0 amide bonds. The van der Waals surface area contributed by atoms with Gasteiger partial charge in [-0.3, -0.25) is 0 Å². The number of alkyl halides is 3. The number of rotatable bonds is 2. The van der Waals surface area contributed by atoms with E-state index in [0.29, 0.717) is 6.04 Å². The number of nitrogens with zero attached hydrogens (tertiary/aromatic N) is 1. The normalized spacial score (nSPS) is 20.9. The van der Waals surface area contributed by atoms with Gasteiger partial charge >= 0.3 is 6.18 Å². The Morgan fingerprint density at radius 1 is 1.24 bits per heavy atom. The topological polar surface area (TPSA) is 3.24 Å². The lowest BCUT2D eigenvalue weighted by Crippen LogP contribution is -2.28. The van der Waals surface area contributed by atoms with Crippen LogP contribution in [0.1, 0.15) is 31.7 Å². The van der Waals surface area contributed by atoms with E-state index >= 15 is 0 Å². The van der Waals surface area contributed by atoms with E-state index in [4.69, 9.17) is 0 Å². The highest BCUT2D eigenvalue weighted by Gasteiger charge is 2.30. The standard InChI is InChI=1S/C13H16F3N/c1-2-11-4-3-9-17(11)12-7-5-10(6-8-12)13(14,15)16/h5-8,11H,2-4,9H2,1H3. The highest BCUT2D eigenvalue weighted by molar-refractivity contribution is 5.49. The predicted octanol–water partition coefficient (Wildman–Crippen LogP) is 4.08. The summed E-state index contributed by atoms with van der Waals surface area (Å²) >= 11 is 0. The monoisotopic (exact) mass is 243 g/mol. The first kappa shape index (κ1) is 12.3. The fourth-order valence-corrected chi connectivity index (χ4v) is 2.44. The SMILES string of the molecule is CCC1CCCN1c1ccc(C(F)(F)F)cc1. The summed E-state index contributed by atoms with van der Waals surface area (Å²) in [7, 11) is 0.